The Morgan fingerprint density at radius 3 is 2.09 bits per heavy atom. The lowest BCUT2D eigenvalue weighted by molar-refractivity contribution is -0.150. The summed E-state index contributed by atoms with van der Waals surface area (Å²) in [6, 6.07) is 2.71. The lowest BCUT2D eigenvalue weighted by atomic mass is 9.98. The number of carbonyl (C=O) groups is 3. The molecule has 5 nitrogen and oxygen atoms in total. The van der Waals surface area contributed by atoms with Crippen molar-refractivity contribution < 1.29 is 19.1 Å². The highest BCUT2D eigenvalue weighted by Crippen LogP contribution is 2.31. The van der Waals surface area contributed by atoms with E-state index in [1.54, 1.807) is 0 Å². The first-order valence-corrected chi connectivity index (χ1v) is 8.27. The van der Waals surface area contributed by atoms with Gasteiger partial charge in [-0.15, -0.1) is 0 Å². The highest BCUT2D eigenvalue weighted by atomic mass is 35.5. The molecule has 3 rings (SSSR count). The Balaban J connectivity index is 1.70. The Hall–Kier alpha value is -1.59. The molecule has 0 bridgehead atoms. The van der Waals surface area contributed by atoms with Crippen LogP contribution in [-0.2, 0) is 9.53 Å². The molecule has 0 N–H and O–H groups in total. The third-order valence-corrected chi connectivity index (χ3v) is 4.87. The van der Waals surface area contributed by atoms with E-state index in [9.17, 15) is 14.4 Å². The second kappa shape index (κ2) is 6.49. The predicted molar refractivity (Wildman–Crippen MR) is 84.8 cm³/mol. The minimum Gasteiger partial charge on any atom is -0.461 e. The van der Waals surface area contributed by atoms with Gasteiger partial charge < -0.3 is 4.74 Å². The molecular formula is C16H15Cl2NO4. The monoisotopic (exact) mass is 355 g/mol. The number of benzene rings is 1. The van der Waals surface area contributed by atoms with Gasteiger partial charge in [0.1, 0.15) is 12.6 Å². The average Bonchev–Trinajstić information content (AvgIpc) is 2.74. The van der Waals surface area contributed by atoms with Gasteiger partial charge in [0.25, 0.3) is 11.8 Å². The van der Waals surface area contributed by atoms with Gasteiger partial charge in [0.15, 0.2) is 0 Å². The summed E-state index contributed by atoms with van der Waals surface area (Å²) >= 11 is 11.8. The van der Waals surface area contributed by atoms with Crippen molar-refractivity contribution in [1.82, 2.24) is 4.90 Å². The number of nitrogens with zero attached hydrogens (tertiary/aromatic N) is 1. The fourth-order valence-corrected chi connectivity index (χ4v) is 3.29. The Bertz CT molecular complexity index is 642. The van der Waals surface area contributed by atoms with Crippen molar-refractivity contribution in [3.63, 3.8) is 0 Å². The molecule has 1 aliphatic heterocycles. The van der Waals surface area contributed by atoms with E-state index in [0.29, 0.717) is 0 Å². The number of esters is 1. The van der Waals surface area contributed by atoms with Gasteiger partial charge in [0.05, 0.1) is 21.2 Å². The van der Waals surface area contributed by atoms with Crippen LogP contribution >= 0.6 is 23.2 Å². The topological polar surface area (TPSA) is 63.7 Å². The minimum atomic E-state index is -0.566. The van der Waals surface area contributed by atoms with Crippen LogP contribution in [0.1, 0.15) is 52.8 Å². The van der Waals surface area contributed by atoms with Gasteiger partial charge >= 0.3 is 5.97 Å². The normalized spacial score (nSPS) is 18.3. The van der Waals surface area contributed by atoms with Gasteiger partial charge in [-0.2, -0.15) is 0 Å². The third-order valence-electron chi connectivity index (χ3n) is 4.15. The number of ether oxygens (including phenoxy) is 1. The number of carbonyl (C=O) groups excluding carboxylic acids is 3. The van der Waals surface area contributed by atoms with E-state index in [1.165, 1.54) is 12.1 Å². The highest BCUT2D eigenvalue weighted by molar-refractivity contribution is 6.43. The van der Waals surface area contributed by atoms with Crippen molar-refractivity contribution in [2.45, 2.75) is 38.2 Å². The molecule has 1 saturated carbocycles. The van der Waals surface area contributed by atoms with Crippen LogP contribution in [0.15, 0.2) is 12.1 Å². The molecule has 122 valence electrons. The number of imide groups is 1. The molecule has 0 aromatic heterocycles. The standard InChI is InChI=1S/C16H15Cl2NO4/c17-12-6-10-11(7-13(12)18)16(22)19(15(10)21)8-14(20)23-9-4-2-1-3-5-9/h6-7,9H,1-5,8H2. The van der Waals surface area contributed by atoms with E-state index >= 15 is 0 Å². The molecule has 0 unspecified atom stereocenters. The van der Waals surface area contributed by atoms with Gasteiger partial charge in [-0.3, -0.25) is 19.3 Å². The molecular weight excluding hydrogens is 341 g/mol. The summed E-state index contributed by atoms with van der Waals surface area (Å²) in [5.41, 5.74) is 0.324. The van der Waals surface area contributed by atoms with E-state index < -0.39 is 24.3 Å². The summed E-state index contributed by atoms with van der Waals surface area (Å²) in [6.45, 7) is -0.391. The lowest BCUT2D eigenvalue weighted by Crippen LogP contribution is -2.37. The van der Waals surface area contributed by atoms with Crippen LogP contribution in [0.4, 0.5) is 0 Å². The van der Waals surface area contributed by atoms with Gasteiger partial charge in [0.2, 0.25) is 0 Å². The molecule has 0 radical (unpaired) electrons. The predicted octanol–water partition coefficient (Wildman–Crippen LogP) is 3.47. The molecule has 1 aliphatic carbocycles. The first-order valence-electron chi connectivity index (χ1n) is 7.52. The van der Waals surface area contributed by atoms with Crippen molar-refractivity contribution >= 4 is 41.0 Å². The molecule has 1 aromatic carbocycles. The summed E-state index contributed by atoms with van der Waals surface area (Å²) in [4.78, 5) is 37.5. The van der Waals surface area contributed by atoms with Gasteiger partial charge in [-0.25, -0.2) is 0 Å². The Labute approximate surface area is 143 Å². The van der Waals surface area contributed by atoms with Crippen molar-refractivity contribution in [1.29, 1.82) is 0 Å². The van der Waals surface area contributed by atoms with Crippen molar-refractivity contribution in [3.8, 4) is 0 Å². The summed E-state index contributed by atoms with van der Waals surface area (Å²) in [7, 11) is 0. The maximum Gasteiger partial charge on any atom is 0.326 e. The number of rotatable bonds is 3. The van der Waals surface area contributed by atoms with E-state index in [4.69, 9.17) is 27.9 Å². The minimum absolute atomic E-state index is 0.115. The van der Waals surface area contributed by atoms with Crippen molar-refractivity contribution in [2.24, 2.45) is 0 Å². The van der Waals surface area contributed by atoms with Crippen LogP contribution in [0.3, 0.4) is 0 Å². The molecule has 23 heavy (non-hydrogen) atoms. The number of amides is 2. The molecule has 7 heteroatoms. The van der Waals surface area contributed by atoms with Crippen molar-refractivity contribution in [3.05, 3.63) is 33.3 Å². The molecule has 0 saturated heterocycles. The number of halogens is 2. The molecule has 1 aromatic rings. The molecule has 0 spiro atoms. The van der Waals surface area contributed by atoms with Crippen molar-refractivity contribution in [2.75, 3.05) is 6.54 Å². The summed E-state index contributed by atoms with van der Waals surface area (Å²) in [6.07, 6.45) is 4.76. The number of fused-ring (bicyclic) bond motifs is 1. The smallest absolute Gasteiger partial charge is 0.326 e. The van der Waals surface area contributed by atoms with Gasteiger partial charge in [-0.1, -0.05) is 29.6 Å². The summed E-state index contributed by atoms with van der Waals surface area (Å²) < 4.78 is 5.36. The molecule has 2 aliphatic rings. The second-order valence-corrected chi connectivity index (χ2v) is 6.57. The number of hydrogen-bond donors (Lipinski definition) is 0. The van der Waals surface area contributed by atoms with Gasteiger partial charge in [-0.05, 0) is 37.8 Å². The van der Waals surface area contributed by atoms with Crippen LogP contribution in [0.25, 0.3) is 0 Å². The SMILES string of the molecule is O=C(CN1C(=O)c2cc(Cl)c(Cl)cc2C1=O)OC1CCCCC1. The van der Waals surface area contributed by atoms with E-state index in [1.807, 2.05) is 0 Å². The quantitative estimate of drug-likeness (QED) is 0.615. The second-order valence-electron chi connectivity index (χ2n) is 5.76. The first kappa shape index (κ1) is 16.3. The molecule has 0 atom stereocenters. The maximum atomic E-state index is 12.3. The van der Waals surface area contributed by atoms with E-state index in [0.717, 1.165) is 37.0 Å². The zero-order valence-corrected chi connectivity index (χ0v) is 13.8. The third kappa shape index (κ3) is 3.21. The average molecular weight is 356 g/mol. The maximum absolute atomic E-state index is 12.3. The Morgan fingerprint density at radius 2 is 1.57 bits per heavy atom. The Kier molecular flexibility index (Phi) is 4.60. The summed E-state index contributed by atoms with van der Waals surface area (Å²) in [5.74, 6) is -1.67. The highest BCUT2D eigenvalue weighted by Gasteiger charge is 2.38. The zero-order chi connectivity index (χ0) is 16.6. The molecule has 2 amide bonds. The largest absolute Gasteiger partial charge is 0.461 e. The van der Waals surface area contributed by atoms with Crippen LogP contribution in [0.5, 0.6) is 0 Å². The van der Waals surface area contributed by atoms with E-state index in [-0.39, 0.29) is 27.3 Å². The first-order chi connectivity index (χ1) is 11.0. The van der Waals surface area contributed by atoms with E-state index in [2.05, 4.69) is 0 Å². The van der Waals surface area contributed by atoms with Crippen LogP contribution < -0.4 is 0 Å². The van der Waals surface area contributed by atoms with Gasteiger partial charge in [0, 0.05) is 0 Å². The fraction of sp³-hybridized carbons (Fsp3) is 0.438. The molecule has 1 fully saturated rings. The lowest BCUT2D eigenvalue weighted by Gasteiger charge is -2.23. The van der Waals surface area contributed by atoms with Crippen LogP contribution in [-0.4, -0.2) is 35.3 Å². The van der Waals surface area contributed by atoms with Crippen LogP contribution in [0.2, 0.25) is 10.0 Å². The van der Waals surface area contributed by atoms with Crippen LogP contribution in [0, 0.1) is 0 Å². The Morgan fingerprint density at radius 1 is 1.04 bits per heavy atom. The molecule has 1 heterocycles. The summed E-state index contributed by atoms with van der Waals surface area (Å²) in [5, 5.41) is 0.386. The zero-order valence-electron chi connectivity index (χ0n) is 12.3. The fourth-order valence-electron chi connectivity index (χ4n) is 2.96. The number of hydrogen-bond acceptors (Lipinski definition) is 4.